The zero-order valence-corrected chi connectivity index (χ0v) is 15.3. The van der Waals surface area contributed by atoms with E-state index in [1.807, 2.05) is 0 Å². The largest absolute Gasteiger partial charge is 0.376 e. The van der Waals surface area contributed by atoms with E-state index in [4.69, 9.17) is 4.74 Å². The Balaban J connectivity index is 1.61. The summed E-state index contributed by atoms with van der Waals surface area (Å²) in [7, 11) is 0. The van der Waals surface area contributed by atoms with Crippen LogP contribution < -0.4 is 0 Å². The fraction of sp³-hybridized carbons (Fsp3) is 0.455. The summed E-state index contributed by atoms with van der Waals surface area (Å²) < 4.78 is 5.78. The molecule has 0 unspecified atom stereocenters. The highest BCUT2D eigenvalue weighted by atomic mass is 16.5. The van der Waals surface area contributed by atoms with Crippen LogP contribution in [0.1, 0.15) is 36.8 Å². The van der Waals surface area contributed by atoms with Gasteiger partial charge in [0, 0.05) is 19.1 Å². The third-order valence-electron chi connectivity index (χ3n) is 5.15. The van der Waals surface area contributed by atoms with Crippen molar-refractivity contribution in [3.05, 3.63) is 76.7 Å². The molecule has 1 saturated carbocycles. The topological polar surface area (TPSA) is 41.9 Å². The summed E-state index contributed by atoms with van der Waals surface area (Å²) in [4.78, 5) is 12.8. The minimum atomic E-state index is 0.258. The van der Waals surface area contributed by atoms with Crippen molar-refractivity contribution in [1.29, 1.82) is 0 Å². The van der Waals surface area contributed by atoms with Crippen LogP contribution in [0.3, 0.4) is 0 Å². The van der Waals surface area contributed by atoms with Crippen LogP contribution in [0.2, 0.25) is 0 Å². The normalized spacial score (nSPS) is 20.2. The molecule has 0 aromatic heterocycles. The zero-order valence-electron chi connectivity index (χ0n) is 15.3. The summed E-state index contributed by atoms with van der Waals surface area (Å²) in [6, 6.07) is 22.0. The molecule has 0 bridgehead atoms. The van der Waals surface area contributed by atoms with Crippen molar-refractivity contribution in [3.8, 4) is 0 Å². The van der Waals surface area contributed by atoms with Gasteiger partial charge in [0.25, 0.3) is 0 Å². The maximum atomic E-state index is 10.2. The molecule has 3 rings (SSSR count). The van der Waals surface area contributed by atoms with Crippen LogP contribution in [-0.2, 0) is 17.8 Å². The lowest BCUT2D eigenvalue weighted by atomic mass is 9.91. The maximum absolute atomic E-state index is 10.2. The molecular formula is C22H28N2O2. The molecule has 1 aliphatic carbocycles. The van der Waals surface area contributed by atoms with E-state index in [1.54, 1.807) is 0 Å². The van der Waals surface area contributed by atoms with Crippen LogP contribution in [0.4, 0.5) is 0 Å². The van der Waals surface area contributed by atoms with Crippen molar-refractivity contribution in [3.63, 3.8) is 0 Å². The SMILES string of the molecule is O=NCCOC1CCC(N(Cc2ccccc2)Cc2ccccc2)CC1. The maximum Gasteiger partial charge on any atom is 0.104 e. The zero-order chi connectivity index (χ0) is 18.0. The number of benzene rings is 2. The van der Waals surface area contributed by atoms with E-state index in [1.165, 1.54) is 11.1 Å². The van der Waals surface area contributed by atoms with Crippen LogP contribution in [0.5, 0.6) is 0 Å². The van der Waals surface area contributed by atoms with Crippen LogP contribution in [-0.4, -0.2) is 30.2 Å². The predicted octanol–water partition coefficient (Wildman–Crippen LogP) is 4.78. The van der Waals surface area contributed by atoms with Gasteiger partial charge in [-0.05, 0) is 36.8 Å². The van der Waals surface area contributed by atoms with Gasteiger partial charge < -0.3 is 4.74 Å². The van der Waals surface area contributed by atoms with Gasteiger partial charge in [-0.25, -0.2) is 0 Å². The molecule has 138 valence electrons. The molecule has 4 nitrogen and oxygen atoms in total. The molecule has 1 aliphatic rings. The summed E-state index contributed by atoms with van der Waals surface area (Å²) in [6.45, 7) is 2.66. The first-order chi connectivity index (χ1) is 12.8. The molecule has 0 atom stereocenters. The van der Waals surface area contributed by atoms with Crippen molar-refractivity contribution in [1.82, 2.24) is 4.90 Å². The van der Waals surface area contributed by atoms with Crippen molar-refractivity contribution in [2.24, 2.45) is 5.18 Å². The lowest BCUT2D eigenvalue weighted by Gasteiger charge is -2.37. The highest BCUT2D eigenvalue weighted by Crippen LogP contribution is 2.27. The number of hydrogen-bond acceptors (Lipinski definition) is 4. The van der Waals surface area contributed by atoms with Gasteiger partial charge in [0.15, 0.2) is 0 Å². The summed E-state index contributed by atoms with van der Waals surface area (Å²) in [5, 5.41) is 2.87. The Labute approximate surface area is 156 Å². The van der Waals surface area contributed by atoms with Gasteiger partial charge in [0.2, 0.25) is 0 Å². The van der Waals surface area contributed by atoms with Gasteiger partial charge in [0.1, 0.15) is 6.54 Å². The van der Waals surface area contributed by atoms with Crippen LogP contribution in [0.25, 0.3) is 0 Å². The molecule has 2 aromatic rings. The Morgan fingerprint density at radius 2 is 1.38 bits per heavy atom. The second-order valence-corrected chi connectivity index (χ2v) is 7.03. The molecule has 0 aliphatic heterocycles. The van der Waals surface area contributed by atoms with Crippen LogP contribution in [0, 0.1) is 4.91 Å². The van der Waals surface area contributed by atoms with E-state index in [0.717, 1.165) is 38.8 Å². The van der Waals surface area contributed by atoms with E-state index >= 15 is 0 Å². The molecule has 0 heterocycles. The second kappa shape index (κ2) is 10.2. The van der Waals surface area contributed by atoms with Gasteiger partial charge in [-0.2, -0.15) is 4.91 Å². The summed E-state index contributed by atoms with van der Waals surface area (Å²) in [5.41, 5.74) is 2.72. The number of ether oxygens (including phenoxy) is 1. The Morgan fingerprint density at radius 1 is 0.846 bits per heavy atom. The first-order valence-electron chi connectivity index (χ1n) is 9.58. The minimum Gasteiger partial charge on any atom is -0.376 e. The molecule has 0 amide bonds. The minimum absolute atomic E-state index is 0.258. The summed E-state index contributed by atoms with van der Waals surface area (Å²) >= 11 is 0. The van der Waals surface area contributed by atoms with E-state index < -0.39 is 0 Å². The Kier molecular flexibility index (Phi) is 7.35. The molecule has 0 spiro atoms. The number of nitroso groups, excluding NO2 is 1. The predicted molar refractivity (Wildman–Crippen MR) is 105 cm³/mol. The Bertz CT molecular complexity index is 598. The quantitative estimate of drug-likeness (QED) is 0.482. The van der Waals surface area contributed by atoms with Gasteiger partial charge in [0.05, 0.1) is 12.7 Å². The molecule has 0 saturated heterocycles. The molecule has 0 radical (unpaired) electrons. The Morgan fingerprint density at radius 3 is 1.88 bits per heavy atom. The fourth-order valence-corrected chi connectivity index (χ4v) is 3.78. The van der Waals surface area contributed by atoms with Gasteiger partial charge >= 0.3 is 0 Å². The van der Waals surface area contributed by atoms with Crippen molar-refractivity contribution in [2.75, 3.05) is 13.2 Å². The monoisotopic (exact) mass is 352 g/mol. The second-order valence-electron chi connectivity index (χ2n) is 7.03. The van der Waals surface area contributed by atoms with E-state index in [2.05, 4.69) is 70.7 Å². The van der Waals surface area contributed by atoms with Crippen molar-refractivity contribution < 1.29 is 4.74 Å². The lowest BCUT2D eigenvalue weighted by molar-refractivity contribution is 0.00806. The fourth-order valence-electron chi connectivity index (χ4n) is 3.78. The standard InChI is InChI=1S/C22H28N2O2/c25-23-15-16-26-22-13-11-21(12-14-22)24(17-19-7-3-1-4-8-19)18-20-9-5-2-6-10-20/h1-10,21-22H,11-18H2. The van der Waals surface area contributed by atoms with Gasteiger partial charge in [-0.3, -0.25) is 4.90 Å². The first kappa shape index (κ1) is 18.7. The molecule has 4 heteroatoms. The molecule has 26 heavy (non-hydrogen) atoms. The number of nitrogens with zero attached hydrogens (tertiary/aromatic N) is 2. The van der Waals surface area contributed by atoms with E-state index in [9.17, 15) is 4.91 Å². The summed E-state index contributed by atoms with van der Waals surface area (Å²) in [6.07, 6.45) is 4.67. The third kappa shape index (κ3) is 5.75. The highest BCUT2D eigenvalue weighted by molar-refractivity contribution is 5.17. The van der Waals surface area contributed by atoms with Gasteiger partial charge in [-0.15, -0.1) is 0 Å². The van der Waals surface area contributed by atoms with Crippen molar-refractivity contribution in [2.45, 2.75) is 50.9 Å². The average Bonchev–Trinajstić information content (AvgIpc) is 2.70. The number of rotatable bonds is 9. The molecule has 0 N–H and O–H groups in total. The van der Waals surface area contributed by atoms with E-state index in [0.29, 0.717) is 12.6 Å². The molecule has 2 aromatic carbocycles. The Hall–Kier alpha value is -2.04. The summed E-state index contributed by atoms with van der Waals surface area (Å²) in [5.74, 6) is 0. The highest BCUT2D eigenvalue weighted by Gasteiger charge is 2.26. The van der Waals surface area contributed by atoms with E-state index in [-0.39, 0.29) is 12.6 Å². The van der Waals surface area contributed by atoms with Crippen molar-refractivity contribution >= 4 is 0 Å². The molecule has 1 fully saturated rings. The lowest BCUT2D eigenvalue weighted by Crippen LogP contribution is -2.39. The average molecular weight is 352 g/mol. The smallest absolute Gasteiger partial charge is 0.104 e. The third-order valence-corrected chi connectivity index (χ3v) is 5.15. The van der Waals surface area contributed by atoms with Crippen LogP contribution >= 0.6 is 0 Å². The van der Waals surface area contributed by atoms with Gasteiger partial charge in [-0.1, -0.05) is 65.8 Å². The molecular weight excluding hydrogens is 324 g/mol. The number of hydrogen-bond donors (Lipinski definition) is 0. The van der Waals surface area contributed by atoms with Crippen LogP contribution in [0.15, 0.2) is 65.8 Å². The first-order valence-corrected chi connectivity index (χ1v) is 9.58.